The van der Waals surface area contributed by atoms with Gasteiger partial charge in [-0.3, -0.25) is 14.4 Å². The minimum absolute atomic E-state index is 0.178. The van der Waals surface area contributed by atoms with Crippen molar-refractivity contribution in [2.75, 3.05) is 26.8 Å². The van der Waals surface area contributed by atoms with Crippen molar-refractivity contribution in [1.82, 2.24) is 18.8 Å². The molecule has 3 N–H and O–H groups in total. The van der Waals surface area contributed by atoms with E-state index in [0.717, 1.165) is 4.31 Å². The quantitative estimate of drug-likeness (QED) is 0.550. The zero-order valence-corrected chi connectivity index (χ0v) is 16.3. The maximum absolute atomic E-state index is 12.7. The fourth-order valence-electron chi connectivity index (χ4n) is 2.78. The van der Waals surface area contributed by atoms with E-state index in [-0.39, 0.29) is 32.0 Å². The molecular formula is C16H26N5O5S. The van der Waals surface area contributed by atoms with Crippen LogP contribution in [0.4, 0.5) is 0 Å². The molecule has 27 heavy (non-hydrogen) atoms. The monoisotopic (exact) mass is 400 g/mol. The SMILES string of the molecule is CC(C[CH]C(=O)N[C@H]1CCCN(S(=O)(=O)N2C=CN(C)C2)CC1=O)C(N)=O. The molecule has 2 atom stereocenters. The summed E-state index contributed by atoms with van der Waals surface area (Å²) in [7, 11) is -2.04. The summed E-state index contributed by atoms with van der Waals surface area (Å²) >= 11 is 0. The van der Waals surface area contributed by atoms with E-state index in [2.05, 4.69) is 5.32 Å². The van der Waals surface area contributed by atoms with Gasteiger partial charge in [0.2, 0.25) is 11.8 Å². The van der Waals surface area contributed by atoms with Crippen LogP contribution in [0.1, 0.15) is 26.2 Å². The standard InChI is InChI=1S/C16H26N5O5S/c1-12(16(17)24)5-6-15(23)18-13-4-3-7-20(10-14(13)22)27(25,26)21-9-8-19(2)11-21/h6,8-9,12-13H,3-5,7,10-11H2,1-2H3,(H2,17,24)(H,18,23)/t12?,13-/m0/s1. The summed E-state index contributed by atoms with van der Waals surface area (Å²) < 4.78 is 27.7. The number of hydrogen-bond acceptors (Lipinski definition) is 6. The molecule has 1 fully saturated rings. The minimum atomic E-state index is -3.79. The molecule has 1 radical (unpaired) electrons. The molecule has 1 unspecified atom stereocenters. The molecule has 0 aromatic rings. The maximum atomic E-state index is 12.7. The molecular weight excluding hydrogens is 374 g/mol. The van der Waals surface area contributed by atoms with Gasteiger partial charge in [0.05, 0.1) is 19.0 Å². The largest absolute Gasteiger partial charge is 0.369 e. The zero-order valence-electron chi connectivity index (χ0n) is 15.5. The van der Waals surface area contributed by atoms with Crippen LogP contribution in [-0.2, 0) is 24.6 Å². The fourth-order valence-corrected chi connectivity index (χ4v) is 4.26. The van der Waals surface area contributed by atoms with Crippen LogP contribution >= 0.6 is 0 Å². The summed E-state index contributed by atoms with van der Waals surface area (Å²) in [5.74, 6) is -1.82. The fraction of sp³-hybridized carbons (Fsp3) is 0.625. The van der Waals surface area contributed by atoms with E-state index in [1.54, 1.807) is 25.1 Å². The van der Waals surface area contributed by atoms with E-state index in [9.17, 15) is 22.8 Å². The first kappa shape index (κ1) is 21.2. The van der Waals surface area contributed by atoms with E-state index in [0.29, 0.717) is 12.8 Å². The van der Waals surface area contributed by atoms with E-state index in [4.69, 9.17) is 5.73 Å². The number of rotatable bonds is 7. The minimum Gasteiger partial charge on any atom is -0.369 e. The summed E-state index contributed by atoms with van der Waals surface area (Å²) in [6.45, 7) is 1.71. The lowest BCUT2D eigenvalue weighted by Crippen LogP contribution is -2.47. The van der Waals surface area contributed by atoms with Crippen molar-refractivity contribution < 1.29 is 22.8 Å². The average molecular weight is 400 g/mol. The Morgan fingerprint density at radius 2 is 2.11 bits per heavy atom. The molecule has 2 amide bonds. The normalized spacial score (nSPS) is 22.6. The number of ketones is 1. The molecule has 0 bridgehead atoms. The number of primary amides is 1. The summed E-state index contributed by atoms with van der Waals surface area (Å²) in [6, 6.07) is -0.755. The average Bonchev–Trinajstić information content (AvgIpc) is 2.95. The number of nitrogens with two attached hydrogens (primary N) is 1. The molecule has 10 nitrogen and oxygen atoms in total. The van der Waals surface area contributed by atoms with Crippen LogP contribution in [0.15, 0.2) is 12.4 Å². The molecule has 11 heteroatoms. The molecule has 2 rings (SSSR count). The van der Waals surface area contributed by atoms with Gasteiger partial charge in [-0.25, -0.2) is 4.31 Å². The van der Waals surface area contributed by atoms with Crippen LogP contribution in [0.5, 0.6) is 0 Å². The van der Waals surface area contributed by atoms with Gasteiger partial charge in [0.1, 0.15) is 6.67 Å². The molecule has 0 aromatic carbocycles. The lowest BCUT2D eigenvalue weighted by atomic mass is 10.0. The van der Waals surface area contributed by atoms with Crippen LogP contribution < -0.4 is 11.1 Å². The Hall–Kier alpha value is -2.14. The van der Waals surface area contributed by atoms with E-state index in [1.165, 1.54) is 16.9 Å². The Bertz CT molecular complexity index is 723. The lowest BCUT2D eigenvalue weighted by molar-refractivity contribution is -0.126. The first-order valence-corrected chi connectivity index (χ1v) is 10.1. The lowest BCUT2D eigenvalue weighted by Gasteiger charge is -2.26. The molecule has 0 aromatic heterocycles. The van der Waals surface area contributed by atoms with Crippen molar-refractivity contribution in [3.63, 3.8) is 0 Å². The van der Waals surface area contributed by atoms with Gasteiger partial charge in [-0.15, -0.1) is 0 Å². The Balaban J connectivity index is 1.93. The first-order valence-electron chi connectivity index (χ1n) is 8.72. The van der Waals surface area contributed by atoms with Gasteiger partial charge >= 0.3 is 10.2 Å². The van der Waals surface area contributed by atoms with Crippen molar-refractivity contribution >= 4 is 27.8 Å². The highest BCUT2D eigenvalue weighted by molar-refractivity contribution is 7.86. The van der Waals surface area contributed by atoms with Crippen molar-refractivity contribution in [2.45, 2.75) is 32.2 Å². The molecule has 2 aliphatic rings. The zero-order chi connectivity index (χ0) is 20.2. The molecule has 1 saturated heterocycles. The summed E-state index contributed by atoms with van der Waals surface area (Å²) in [5.41, 5.74) is 5.15. The smallest absolute Gasteiger partial charge is 0.305 e. The molecule has 151 valence electrons. The van der Waals surface area contributed by atoms with Gasteiger partial charge < -0.3 is 16.0 Å². The third-order valence-electron chi connectivity index (χ3n) is 4.55. The number of Topliss-reactive ketones (excluding diaryl/α,β-unsaturated/α-hetero) is 1. The number of carbonyl (C=O) groups is 3. The van der Waals surface area contributed by atoms with Gasteiger partial charge in [-0.1, -0.05) is 6.92 Å². The van der Waals surface area contributed by atoms with Crippen molar-refractivity contribution in [1.29, 1.82) is 0 Å². The topological polar surface area (TPSA) is 133 Å². The number of nitrogens with zero attached hydrogens (tertiary/aromatic N) is 3. The van der Waals surface area contributed by atoms with Crippen LogP contribution in [0.2, 0.25) is 0 Å². The maximum Gasteiger partial charge on any atom is 0.305 e. The van der Waals surface area contributed by atoms with E-state index >= 15 is 0 Å². The van der Waals surface area contributed by atoms with Gasteiger partial charge in [0.25, 0.3) is 0 Å². The predicted octanol–water partition coefficient (Wildman–Crippen LogP) is -1.23. The van der Waals surface area contributed by atoms with Crippen LogP contribution in [0, 0.1) is 12.3 Å². The van der Waals surface area contributed by atoms with Crippen molar-refractivity contribution in [2.24, 2.45) is 11.7 Å². The van der Waals surface area contributed by atoms with Gasteiger partial charge in [0, 0.05) is 31.9 Å². The van der Waals surface area contributed by atoms with Gasteiger partial charge in [-0.05, 0) is 19.3 Å². The number of nitrogens with one attached hydrogen (secondary N) is 1. The predicted molar refractivity (Wildman–Crippen MR) is 97.5 cm³/mol. The van der Waals surface area contributed by atoms with Crippen LogP contribution in [-0.4, -0.2) is 72.4 Å². The molecule has 2 aliphatic heterocycles. The van der Waals surface area contributed by atoms with Gasteiger partial charge in [-0.2, -0.15) is 12.7 Å². The van der Waals surface area contributed by atoms with Crippen molar-refractivity contribution in [3.8, 4) is 0 Å². The summed E-state index contributed by atoms with van der Waals surface area (Å²) in [6.07, 6.45) is 5.36. The second-order valence-electron chi connectivity index (χ2n) is 6.84. The second-order valence-corrected chi connectivity index (χ2v) is 8.72. The highest BCUT2D eigenvalue weighted by Gasteiger charge is 2.35. The Morgan fingerprint density at radius 1 is 1.41 bits per heavy atom. The van der Waals surface area contributed by atoms with E-state index in [1.807, 2.05) is 0 Å². The van der Waals surface area contributed by atoms with Crippen LogP contribution in [0.3, 0.4) is 0 Å². The third-order valence-corrected chi connectivity index (χ3v) is 6.35. The molecule has 0 saturated carbocycles. The molecule has 0 spiro atoms. The Morgan fingerprint density at radius 3 is 2.70 bits per heavy atom. The summed E-state index contributed by atoms with van der Waals surface area (Å²) in [4.78, 5) is 37.2. The number of hydrogen-bond donors (Lipinski definition) is 2. The van der Waals surface area contributed by atoms with Crippen LogP contribution in [0.25, 0.3) is 0 Å². The first-order chi connectivity index (χ1) is 12.6. The van der Waals surface area contributed by atoms with Crippen molar-refractivity contribution in [3.05, 3.63) is 18.8 Å². The number of carbonyl (C=O) groups excluding carboxylic acids is 3. The number of amides is 2. The van der Waals surface area contributed by atoms with E-state index < -0.39 is 34.0 Å². The molecule has 0 aliphatic carbocycles. The highest BCUT2D eigenvalue weighted by atomic mass is 32.2. The third kappa shape index (κ3) is 5.42. The highest BCUT2D eigenvalue weighted by Crippen LogP contribution is 2.18. The molecule has 2 heterocycles. The second kappa shape index (κ2) is 8.70. The Labute approximate surface area is 159 Å². The van der Waals surface area contributed by atoms with Gasteiger partial charge in [0.15, 0.2) is 5.78 Å². The Kier molecular flexibility index (Phi) is 6.82. The summed E-state index contributed by atoms with van der Waals surface area (Å²) in [5, 5.41) is 2.60.